The van der Waals surface area contributed by atoms with Gasteiger partial charge in [-0.25, -0.2) is 4.98 Å². The van der Waals surface area contributed by atoms with E-state index < -0.39 is 0 Å². The van der Waals surface area contributed by atoms with Gasteiger partial charge in [0.25, 0.3) is 0 Å². The number of amides is 1. The summed E-state index contributed by atoms with van der Waals surface area (Å²) >= 11 is 0. The highest BCUT2D eigenvalue weighted by atomic mass is 16.1. The molecule has 1 aliphatic carbocycles. The standard InChI is InChI=1S/C23H21N3O3/c1-14(28)25-21-12-17(7-8-24-21)23-18(9-15-5-3-2-4-6-15)22-19(26-23)10-16(13-27)11-20(22)29/h2-8,12-13,16,26H,9-11H2,1H3,(H,24,25,28). The molecule has 6 nitrogen and oxygen atoms in total. The lowest BCUT2D eigenvalue weighted by atomic mass is 9.84. The molecule has 1 aromatic carbocycles. The Hall–Kier alpha value is -3.54. The Kier molecular flexibility index (Phi) is 5.08. The summed E-state index contributed by atoms with van der Waals surface area (Å²) in [5, 5.41) is 2.69. The lowest BCUT2D eigenvalue weighted by Crippen LogP contribution is -2.21. The first kappa shape index (κ1) is 18.8. The Morgan fingerprint density at radius 3 is 2.76 bits per heavy atom. The first-order valence-electron chi connectivity index (χ1n) is 9.55. The van der Waals surface area contributed by atoms with Gasteiger partial charge >= 0.3 is 0 Å². The third-order valence-corrected chi connectivity index (χ3v) is 5.14. The van der Waals surface area contributed by atoms with Gasteiger partial charge in [-0.2, -0.15) is 0 Å². The zero-order chi connectivity index (χ0) is 20.4. The summed E-state index contributed by atoms with van der Waals surface area (Å²) in [5.74, 6) is -0.0503. The summed E-state index contributed by atoms with van der Waals surface area (Å²) in [7, 11) is 0. The van der Waals surface area contributed by atoms with Crippen LogP contribution in [-0.4, -0.2) is 27.9 Å². The van der Waals surface area contributed by atoms with Crippen molar-refractivity contribution in [2.45, 2.75) is 26.2 Å². The average Bonchev–Trinajstić information content (AvgIpc) is 3.07. The fourth-order valence-electron chi connectivity index (χ4n) is 3.91. The van der Waals surface area contributed by atoms with Gasteiger partial charge in [-0.15, -0.1) is 0 Å². The zero-order valence-electron chi connectivity index (χ0n) is 16.1. The van der Waals surface area contributed by atoms with Gasteiger partial charge in [0.05, 0.1) is 5.69 Å². The highest BCUT2D eigenvalue weighted by molar-refractivity contribution is 6.03. The van der Waals surface area contributed by atoms with Gasteiger partial charge < -0.3 is 15.1 Å². The number of hydrogen-bond donors (Lipinski definition) is 2. The van der Waals surface area contributed by atoms with E-state index in [1.807, 2.05) is 36.4 Å². The van der Waals surface area contributed by atoms with Crippen LogP contribution in [0.5, 0.6) is 0 Å². The van der Waals surface area contributed by atoms with Crippen LogP contribution < -0.4 is 5.32 Å². The number of nitrogens with zero attached hydrogens (tertiary/aromatic N) is 1. The summed E-state index contributed by atoms with van der Waals surface area (Å²) in [4.78, 5) is 43.2. The van der Waals surface area contributed by atoms with Gasteiger partial charge in [0.2, 0.25) is 5.91 Å². The number of Topliss-reactive ketones (excluding diaryl/α,β-unsaturated/α-hetero) is 1. The number of pyridine rings is 1. The monoisotopic (exact) mass is 387 g/mol. The maximum Gasteiger partial charge on any atom is 0.222 e. The molecule has 1 aliphatic rings. The Bertz CT molecular complexity index is 1090. The quantitative estimate of drug-likeness (QED) is 0.655. The van der Waals surface area contributed by atoms with E-state index in [9.17, 15) is 14.4 Å². The predicted molar refractivity (Wildman–Crippen MR) is 110 cm³/mol. The van der Waals surface area contributed by atoms with Crippen molar-refractivity contribution in [1.82, 2.24) is 9.97 Å². The molecule has 146 valence electrons. The van der Waals surface area contributed by atoms with Gasteiger partial charge in [-0.3, -0.25) is 9.59 Å². The fraction of sp³-hybridized carbons (Fsp3) is 0.217. The van der Waals surface area contributed by atoms with Crippen molar-refractivity contribution in [3.63, 3.8) is 0 Å². The number of nitrogens with one attached hydrogen (secondary N) is 2. The van der Waals surface area contributed by atoms with Crippen LogP contribution in [0.3, 0.4) is 0 Å². The number of carbonyl (C=O) groups is 3. The molecular weight excluding hydrogens is 366 g/mol. The van der Waals surface area contributed by atoms with Gasteiger partial charge in [0.15, 0.2) is 5.78 Å². The van der Waals surface area contributed by atoms with E-state index >= 15 is 0 Å². The van der Waals surface area contributed by atoms with Gasteiger partial charge in [0, 0.05) is 48.7 Å². The molecule has 2 N–H and O–H groups in total. The normalized spacial score (nSPS) is 15.6. The molecule has 3 aromatic rings. The van der Waals surface area contributed by atoms with Crippen LogP contribution >= 0.6 is 0 Å². The first-order valence-corrected chi connectivity index (χ1v) is 9.55. The summed E-state index contributed by atoms with van der Waals surface area (Å²) < 4.78 is 0. The van der Waals surface area contributed by atoms with Crippen LogP contribution in [0.1, 0.15) is 40.5 Å². The van der Waals surface area contributed by atoms with Gasteiger partial charge in [-0.05, 0) is 29.7 Å². The van der Waals surface area contributed by atoms with Crippen molar-refractivity contribution in [1.29, 1.82) is 0 Å². The van der Waals surface area contributed by atoms with E-state index in [0.29, 0.717) is 24.2 Å². The van der Waals surface area contributed by atoms with Gasteiger partial charge in [-0.1, -0.05) is 30.3 Å². The molecule has 0 aliphatic heterocycles. The van der Waals surface area contributed by atoms with Crippen molar-refractivity contribution in [3.8, 4) is 11.3 Å². The molecule has 6 heteroatoms. The number of fused-ring (bicyclic) bond motifs is 1. The number of aldehydes is 1. The molecule has 2 aromatic heterocycles. The minimum atomic E-state index is -0.293. The molecule has 29 heavy (non-hydrogen) atoms. The lowest BCUT2D eigenvalue weighted by molar-refractivity contribution is -0.114. The van der Waals surface area contributed by atoms with Crippen molar-refractivity contribution in [2.24, 2.45) is 5.92 Å². The Labute approximate surface area is 168 Å². The highest BCUT2D eigenvalue weighted by Gasteiger charge is 2.31. The lowest BCUT2D eigenvalue weighted by Gasteiger charge is -2.17. The Morgan fingerprint density at radius 1 is 1.24 bits per heavy atom. The molecule has 0 bridgehead atoms. The summed E-state index contributed by atoms with van der Waals surface area (Å²) in [5.41, 5.74) is 5.17. The Morgan fingerprint density at radius 2 is 2.03 bits per heavy atom. The molecule has 0 radical (unpaired) electrons. The second kappa shape index (κ2) is 7.83. The molecule has 0 saturated heterocycles. The number of ketones is 1. The molecule has 1 atom stereocenters. The minimum Gasteiger partial charge on any atom is -0.358 e. The summed E-state index contributed by atoms with van der Waals surface area (Å²) in [6.07, 6.45) is 3.85. The van der Waals surface area contributed by atoms with E-state index in [1.54, 1.807) is 12.3 Å². The van der Waals surface area contributed by atoms with E-state index in [2.05, 4.69) is 15.3 Å². The Balaban J connectivity index is 1.84. The summed E-state index contributed by atoms with van der Waals surface area (Å²) in [6, 6.07) is 13.6. The third kappa shape index (κ3) is 3.87. The van der Waals surface area contributed by atoms with Crippen LogP contribution in [0.4, 0.5) is 5.82 Å². The number of carbonyl (C=O) groups excluding carboxylic acids is 3. The topological polar surface area (TPSA) is 91.9 Å². The van der Waals surface area contributed by atoms with Crippen molar-refractivity contribution < 1.29 is 14.4 Å². The van der Waals surface area contributed by atoms with E-state index in [1.165, 1.54) is 6.92 Å². The molecule has 1 unspecified atom stereocenters. The molecule has 2 heterocycles. The first-order chi connectivity index (χ1) is 14.0. The number of anilines is 1. The maximum atomic E-state index is 12.9. The molecule has 0 fully saturated rings. The van der Waals surface area contributed by atoms with Crippen LogP contribution in [0.25, 0.3) is 11.3 Å². The largest absolute Gasteiger partial charge is 0.358 e. The predicted octanol–water partition coefficient (Wildman–Crippen LogP) is 3.57. The van der Waals surface area contributed by atoms with Crippen LogP contribution in [-0.2, 0) is 22.4 Å². The number of aromatic amines is 1. The zero-order valence-corrected chi connectivity index (χ0v) is 16.1. The highest BCUT2D eigenvalue weighted by Crippen LogP contribution is 2.36. The number of H-pyrrole nitrogens is 1. The van der Waals surface area contributed by atoms with E-state index in [4.69, 9.17) is 0 Å². The number of rotatable bonds is 5. The number of aromatic nitrogens is 2. The molecule has 0 saturated carbocycles. The smallest absolute Gasteiger partial charge is 0.222 e. The number of benzene rings is 1. The van der Waals surface area contributed by atoms with Crippen molar-refractivity contribution >= 4 is 23.8 Å². The molecule has 1 amide bonds. The van der Waals surface area contributed by atoms with E-state index in [0.717, 1.165) is 34.4 Å². The maximum absolute atomic E-state index is 12.9. The van der Waals surface area contributed by atoms with Crippen LogP contribution in [0, 0.1) is 5.92 Å². The van der Waals surface area contributed by atoms with Gasteiger partial charge in [0.1, 0.15) is 12.1 Å². The van der Waals surface area contributed by atoms with Crippen LogP contribution in [0.15, 0.2) is 48.7 Å². The van der Waals surface area contributed by atoms with Crippen molar-refractivity contribution in [2.75, 3.05) is 5.32 Å². The second-order valence-electron chi connectivity index (χ2n) is 7.33. The number of hydrogen-bond acceptors (Lipinski definition) is 4. The van der Waals surface area contributed by atoms with E-state index in [-0.39, 0.29) is 24.0 Å². The molecule has 0 spiro atoms. The van der Waals surface area contributed by atoms with Crippen molar-refractivity contribution in [3.05, 3.63) is 71.0 Å². The summed E-state index contributed by atoms with van der Waals surface area (Å²) in [6.45, 7) is 1.43. The average molecular weight is 387 g/mol. The SMILES string of the molecule is CC(=O)Nc1cc(-c2[nH]c3c(c2Cc2ccccc2)C(=O)CC(C=O)C3)ccn1. The second-order valence-corrected chi connectivity index (χ2v) is 7.33. The van der Waals surface area contributed by atoms with Crippen LogP contribution in [0.2, 0.25) is 0 Å². The fourth-order valence-corrected chi connectivity index (χ4v) is 3.91. The third-order valence-electron chi connectivity index (χ3n) is 5.14. The minimum absolute atomic E-state index is 0.00655. The molecule has 4 rings (SSSR count). The molecular formula is C23H21N3O3.